The lowest BCUT2D eigenvalue weighted by molar-refractivity contribution is -0.137. The summed E-state index contributed by atoms with van der Waals surface area (Å²) in [5.74, 6) is -2.02. The standard InChI is InChI=1S/C17H13ClF3N5O3/c1-8-5-6-22-16-24-13(25-26(8)16)15(28)29-9(2)14(27)23-12-7-10(17(19,20)21)3-4-11(12)18/h3-7,9H,1-2H3,(H,23,27)/t9-/m1/s1. The number of nitrogens with zero attached hydrogens (tertiary/aromatic N) is 4. The molecule has 0 aliphatic heterocycles. The average molecular weight is 428 g/mol. The van der Waals surface area contributed by atoms with Crippen LogP contribution in [-0.2, 0) is 15.7 Å². The van der Waals surface area contributed by atoms with Crippen LogP contribution in [0.5, 0.6) is 0 Å². The third-order valence-corrected chi connectivity index (χ3v) is 4.15. The predicted octanol–water partition coefficient (Wildman–Crippen LogP) is 3.29. The van der Waals surface area contributed by atoms with E-state index in [4.69, 9.17) is 16.3 Å². The Hall–Kier alpha value is -3.21. The summed E-state index contributed by atoms with van der Waals surface area (Å²) in [6.45, 7) is 2.97. The number of carbonyl (C=O) groups excluding carboxylic acids is 2. The van der Waals surface area contributed by atoms with Gasteiger partial charge in [-0.3, -0.25) is 4.79 Å². The normalized spacial score (nSPS) is 12.6. The van der Waals surface area contributed by atoms with Gasteiger partial charge in [-0.2, -0.15) is 18.2 Å². The van der Waals surface area contributed by atoms with Gasteiger partial charge in [0.05, 0.1) is 16.3 Å². The first-order chi connectivity index (χ1) is 13.6. The van der Waals surface area contributed by atoms with Crippen LogP contribution in [0.15, 0.2) is 30.5 Å². The number of ether oxygens (including phenoxy) is 1. The maximum Gasteiger partial charge on any atom is 0.416 e. The van der Waals surface area contributed by atoms with Crippen molar-refractivity contribution in [1.29, 1.82) is 0 Å². The molecular formula is C17H13ClF3N5O3. The Labute approximate surface area is 166 Å². The minimum absolute atomic E-state index is 0.103. The van der Waals surface area contributed by atoms with E-state index in [-0.39, 0.29) is 22.3 Å². The van der Waals surface area contributed by atoms with E-state index in [1.807, 2.05) is 0 Å². The molecule has 152 valence electrons. The maximum atomic E-state index is 12.8. The summed E-state index contributed by atoms with van der Waals surface area (Å²) in [7, 11) is 0. The number of benzene rings is 1. The van der Waals surface area contributed by atoms with Gasteiger partial charge in [-0.15, -0.1) is 5.10 Å². The molecule has 29 heavy (non-hydrogen) atoms. The van der Waals surface area contributed by atoms with Crippen molar-refractivity contribution >= 4 is 34.9 Å². The summed E-state index contributed by atoms with van der Waals surface area (Å²) in [5.41, 5.74) is -0.579. The molecule has 1 amide bonds. The Morgan fingerprint density at radius 3 is 2.66 bits per heavy atom. The van der Waals surface area contributed by atoms with Crippen LogP contribution in [0.3, 0.4) is 0 Å². The monoisotopic (exact) mass is 427 g/mol. The lowest BCUT2D eigenvalue weighted by Crippen LogP contribution is -2.30. The number of rotatable bonds is 4. The first-order valence-corrected chi connectivity index (χ1v) is 8.51. The van der Waals surface area contributed by atoms with Crippen molar-refractivity contribution in [3.63, 3.8) is 0 Å². The molecule has 0 aliphatic rings. The molecule has 0 unspecified atom stereocenters. The van der Waals surface area contributed by atoms with Gasteiger partial charge in [0, 0.05) is 11.9 Å². The van der Waals surface area contributed by atoms with Crippen molar-refractivity contribution in [2.45, 2.75) is 26.1 Å². The summed E-state index contributed by atoms with van der Waals surface area (Å²) >= 11 is 5.84. The number of aryl methyl sites for hydroxylation is 1. The number of carbonyl (C=O) groups is 2. The molecule has 0 aliphatic carbocycles. The summed E-state index contributed by atoms with van der Waals surface area (Å²) in [5, 5.41) is 6.06. The molecule has 0 radical (unpaired) electrons. The highest BCUT2D eigenvalue weighted by molar-refractivity contribution is 6.33. The maximum absolute atomic E-state index is 12.8. The molecule has 1 atom stereocenters. The minimum Gasteiger partial charge on any atom is -0.447 e. The molecule has 1 aromatic carbocycles. The third-order valence-electron chi connectivity index (χ3n) is 3.82. The second-order valence-electron chi connectivity index (χ2n) is 5.96. The van der Waals surface area contributed by atoms with Crippen LogP contribution in [0.1, 0.15) is 28.8 Å². The Bertz CT molecular complexity index is 1100. The smallest absolute Gasteiger partial charge is 0.416 e. The van der Waals surface area contributed by atoms with E-state index in [0.29, 0.717) is 11.8 Å². The van der Waals surface area contributed by atoms with Crippen LogP contribution in [-0.4, -0.2) is 37.6 Å². The molecule has 0 fully saturated rings. The molecule has 2 heterocycles. The first-order valence-electron chi connectivity index (χ1n) is 8.13. The first kappa shape index (κ1) is 20.5. The Morgan fingerprint density at radius 2 is 2.00 bits per heavy atom. The number of nitrogens with one attached hydrogen (secondary N) is 1. The van der Waals surface area contributed by atoms with Gasteiger partial charge in [0.15, 0.2) is 6.10 Å². The molecule has 1 N–H and O–H groups in total. The number of amides is 1. The fourth-order valence-corrected chi connectivity index (χ4v) is 2.46. The van der Waals surface area contributed by atoms with Crippen molar-refractivity contribution in [2.75, 3.05) is 5.32 Å². The van der Waals surface area contributed by atoms with E-state index >= 15 is 0 Å². The number of alkyl halides is 3. The Kier molecular flexibility index (Phi) is 5.42. The number of aromatic nitrogens is 4. The van der Waals surface area contributed by atoms with Crippen molar-refractivity contribution in [2.24, 2.45) is 0 Å². The highest BCUT2D eigenvalue weighted by Gasteiger charge is 2.31. The van der Waals surface area contributed by atoms with E-state index in [1.165, 1.54) is 17.6 Å². The molecule has 0 bridgehead atoms. The molecule has 3 rings (SSSR count). The topological polar surface area (TPSA) is 98.5 Å². The average Bonchev–Trinajstić information content (AvgIpc) is 3.08. The van der Waals surface area contributed by atoms with Gasteiger partial charge in [0.1, 0.15) is 0 Å². The van der Waals surface area contributed by atoms with Gasteiger partial charge >= 0.3 is 12.1 Å². The number of esters is 1. The van der Waals surface area contributed by atoms with Crippen molar-refractivity contribution in [3.8, 4) is 0 Å². The van der Waals surface area contributed by atoms with Gasteiger partial charge in [0.25, 0.3) is 17.5 Å². The largest absolute Gasteiger partial charge is 0.447 e. The van der Waals surface area contributed by atoms with Gasteiger partial charge in [-0.05, 0) is 38.1 Å². The molecule has 2 aromatic heterocycles. The summed E-state index contributed by atoms with van der Waals surface area (Å²) in [6.07, 6.45) is -4.47. The molecule has 3 aromatic rings. The zero-order valence-electron chi connectivity index (χ0n) is 15.0. The highest BCUT2D eigenvalue weighted by Crippen LogP contribution is 2.33. The third kappa shape index (κ3) is 4.45. The zero-order valence-corrected chi connectivity index (χ0v) is 15.7. The Balaban J connectivity index is 1.72. The highest BCUT2D eigenvalue weighted by atomic mass is 35.5. The lowest BCUT2D eigenvalue weighted by Gasteiger charge is -2.15. The molecule has 0 saturated heterocycles. The number of hydrogen-bond donors (Lipinski definition) is 1. The number of fused-ring (bicyclic) bond motifs is 1. The van der Waals surface area contributed by atoms with Crippen LogP contribution in [0.4, 0.5) is 18.9 Å². The number of halogens is 4. The van der Waals surface area contributed by atoms with E-state index in [0.717, 1.165) is 12.1 Å². The molecule has 0 spiro atoms. The second kappa shape index (κ2) is 7.66. The van der Waals surface area contributed by atoms with Crippen LogP contribution >= 0.6 is 11.6 Å². The molecule has 8 nitrogen and oxygen atoms in total. The number of anilines is 1. The summed E-state index contributed by atoms with van der Waals surface area (Å²) < 4.78 is 44.8. The predicted molar refractivity (Wildman–Crippen MR) is 95.5 cm³/mol. The van der Waals surface area contributed by atoms with E-state index < -0.39 is 29.7 Å². The fourth-order valence-electron chi connectivity index (χ4n) is 2.29. The van der Waals surface area contributed by atoms with Crippen LogP contribution in [0, 0.1) is 6.92 Å². The van der Waals surface area contributed by atoms with Crippen molar-refractivity contribution in [3.05, 3.63) is 52.6 Å². The Morgan fingerprint density at radius 1 is 1.28 bits per heavy atom. The van der Waals surface area contributed by atoms with Gasteiger partial charge < -0.3 is 10.1 Å². The molecule has 12 heteroatoms. The van der Waals surface area contributed by atoms with Crippen molar-refractivity contribution < 1.29 is 27.5 Å². The quantitative estimate of drug-likeness (QED) is 0.641. The van der Waals surface area contributed by atoms with E-state index in [2.05, 4.69) is 20.4 Å². The zero-order chi connectivity index (χ0) is 21.3. The van der Waals surface area contributed by atoms with Gasteiger partial charge in [-0.1, -0.05) is 11.6 Å². The van der Waals surface area contributed by atoms with Crippen LogP contribution in [0.25, 0.3) is 5.78 Å². The minimum atomic E-state index is -4.61. The second-order valence-corrected chi connectivity index (χ2v) is 6.37. The van der Waals surface area contributed by atoms with E-state index in [9.17, 15) is 22.8 Å². The van der Waals surface area contributed by atoms with Gasteiger partial charge in [-0.25, -0.2) is 14.3 Å². The lowest BCUT2D eigenvalue weighted by atomic mass is 10.2. The van der Waals surface area contributed by atoms with Crippen LogP contribution in [0.2, 0.25) is 5.02 Å². The van der Waals surface area contributed by atoms with Crippen molar-refractivity contribution in [1.82, 2.24) is 19.6 Å². The molecular weight excluding hydrogens is 415 g/mol. The van der Waals surface area contributed by atoms with Gasteiger partial charge in [0.2, 0.25) is 0 Å². The van der Waals surface area contributed by atoms with Crippen LogP contribution < -0.4 is 5.32 Å². The van der Waals surface area contributed by atoms with E-state index in [1.54, 1.807) is 13.0 Å². The SMILES string of the molecule is Cc1ccnc2nc(C(=O)O[C@H](C)C(=O)Nc3cc(C(F)(F)F)ccc3Cl)nn12. The molecule has 0 saturated carbocycles. The summed E-state index contributed by atoms with van der Waals surface area (Å²) in [4.78, 5) is 32.3. The summed E-state index contributed by atoms with van der Waals surface area (Å²) in [6, 6.07) is 4.14. The fraction of sp³-hybridized carbons (Fsp3) is 0.235. The number of hydrogen-bond acceptors (Lipinski definition) is 6.